The minimum Gasteiger partial charge on any atom is -0.324 e. The van der Waals surface area contributed by atoms with E-state index in [0.717, 1.165) is 0 Å². The van der Waals surface area contributed by atoms with Gasteiger partial charge in [0.25, 0.3) is 5.56 Å². The van der Waals surface area contributed by atoms with Crippen LogP contribution in [0.5, 0.6) is 0 Å². The van der Waals surface area contributed by atoms with Crippen LogP contribution in [0.3, 0.4) is 0 Å². The third-order valence-corrected chi connectivity index (χ3v) is 4.40. The molecule has 0 aliphatic carbocycles. The van der Waals surface area contributed by atoms with Crippen LogP contribution in [0, 0.1) is 0 Å². The molecule has 5 nitrogen and oxygen atoms in total. The maximum Gasteiger partial charge on any atom is 0.433 e. The second-order valence-corrected chi connectivity index (χ2v) is 6.98. The van der Waals surface area contributed by atoms with E-state index in [2.05, 4.69) is 15.3 Å². The van der Waals surface area contributed by atoms with Crippen molar-refractivity contribution in [3.05, 3.63) is 50.4 Å². The molecular formula is C14H10Cl2F3N3O2S. The number of carbonyl (C=O) groups is 1. The Bertz CT molecular complexity index is 858. The lowest BCUT2D eigenvalue weighted by Gasteiger charge is -2.13. The zero-order valence-electron chi connectivity index (χ0n) is 12.4. The van der Waals surface area contributed by atoms with E-state index in [4.69, 9.17) is 23.2 Å². The van der Waals surface area contributed by atoms with E-state index in [1.54, 1.807) is 0 Å². The molecule has 0 fully saturated rings. The Hall–Kier alpha value is -1.71. The summed E-state index contributed by atoms with van der Waals surface area (Å²) in [6.07, 6.45) is -4.76. The number of carbonyl (C=O) groups excluding carboxylic acids is 1. The highest BCUT2D eigenvalue weighted by molar-refractivity contribution is 8.00. The van der Waals surface area contributed by atoms with Gasteiger partial charge in [-0.25, -0.2) is 4.98 Å². The molecule has 2 aromatic rings. The molecule has 0 aliphatic heterocycles. The number of H-pyrrole nitrogens is 1. The highest BCUT2D eigenvalue weighted by Gasteiger charge is 2.33. The molecule has 0 spiro atoms. The first-order chi connectivity index (χ1) is 11.6. The number of hydrogen-bond acceptors (Lipinski definition) is 4. The largest absolute Gasteiger partial charge is 0.433 e. The zero-order valence-corrected chi connectivity index (χ0v) is 14.8. The van der Waals surface area contributed by atoms with Gasteiger partial charge in [-0.2, -0.15) is 13.2 Å². The molecule has 1 aromatic heterocycles. The quantitative estimate of drug-likeness (QED) is 0.583. The standard InChI is InChI=1S/C14H10Cl2F3N3O2S/c1-6(12(24)20-9-4-7(15)2-3-8(9)16)25-13-21-10(14(17,18)19)5-11(23)22-13/h2-6H,1H3,(H,20,24)(H,21,22,23). The first-order valence-electron chi connectivity index (χ1n) is 6.67. The van der Waals surface area contributed by atoms with Gasteiger partial charge >= 0.3 is 6.18 Å². The van der Waals surface area contributed by atoms with Crippen LogP contribution in [-0.4, -0.2) is 21.1 Å². The molecule has 1 atom stereocenters. The number of nitrogens with one attached hydrogen (secondary N) is 2. The van der Waals surface area contributed by atoms with Crippen LogP contribution in [0.4, 0.5) is 18.9 Å². The Morgan fingerprint density at radius 2 is 2.00 bits per heavy atom. The third kappa shape index (κ3) is 5.38. The number of anilines is 1. The molecule has 25 heavy (non-hydrogen) atoms. The molecule has 0 radical (unpaired) electrons. The van der Waals surface area contributed by atoms with Gasteiger partial charge in [0.15, 0.2) is 10.9 Å². The highest BCUT2D eigenvalue weighted by Crippen LogP contribution is 2.29. The van der Waals surface area contributed by atoms with E-state index >= 15 is 0 Å². The SMILES string of the molecule is CC(Sc1nc(C(F)(F)F)cc(=O)[nH]1)C(=O)Nc1cc(Cl)ccc1Cl. The van der Waals surface area contributed by atoms with Crippen molar-refractivity contribution in [2.75, 3.05) is 5.32 Å². The molecule has 1 unspecified atom stereocenters. The van der Waals surface area contributed by atoms with Crippen molar-refractivity contribution in [2.24, 2.45) is 0 Å². The number of alkyl halides is 3. The molecule has 0 aliphatic rings. The van der Waals surface area contributed by atoms with Crippen LogP contribution in [0.1, 0.15) is 12.6 Å². The van der Waals surface area contributed by atoms with Gasteiger partial charge in [0.2, 0.25) is 5.91 Å². The summed E-state index contributed by atoms with van der Waals surface area (Å²) < 4.78 is 38.0. The molecule has 1 aromatic carbocycles. The first kappa shape index (κ1) is 19.6. The fourth-order valence-electron chi connectivity index (χ4n) is 1.68. The van der Waals surface area contributed by atoms with E-state index in [0.29, 0.717) is 22.9 Å². The number of nitrogens with zero attached hydrogens (tertiary/aromatic N) is 1. The Kier molecular flexibility index (Phi) is 6.02. The normalized spacial score (nSPS) is 12.7. The predicted octanol–water partition coefficient (Wildman–Crippen LogP) is 4.21. The molecule has 2 N–H and O–H groups in total. The molecular weight excluding hydrogens is 402 g/mol. The minimum atomic E-state index is -4.76. The zero-order chi connectivity index (χ0) is 18.8. The summed E-state index contributed by atoms with van der Waals surface area (Å²) in [5, 5.41) is 1.93. The van der Waals surface area contributed by atoms with E-state index in [9.17, 15) is 22.8 Å². The number of aromatic amines is 1. The lowest BCUT2D eigenvalue weighted by Crippen LogP contribution is -2.24. The van der Waals surface area contributed by atoms with E-state index < -0.39 is 28.6 Å². The van der Waals surface area contributed by atoms with Crippen LogP contribution in [0.2, 0.25) is 10.0 Å². The van der Waals surface area contributed by atoms with Crippen molar-refractivity contribution >= 4 is 46.6 Å². The van der Waals surface area contributed by atoms with Crippen LogP contribution < -0.4 is 10.9 Å². The summed E-state index contributed by atoms with van der Waals surface area (Å²) in [6, 6.07) is 4.81. The maximum atomic E-state index is 12.7. The molecule has 0 bridgehead atoms. The Morgan fingerprint density at radius 1 is 1.32 bits per heavy atom. The summed E-state index contributed by atoms with van der Waals surface area (Å²) in [7, 11) is 0. The van der Waals surface area contributed by atoms with Crippen LogP contribution >= 0.6 is 35.0 Å². The fraction of sp³-hybridized carbons (Fsp3) is 0.214. The van der Waals surface area contributed by atoms with Gasteiger partial charge in [-0.1, -0.05) is 35.0 Å². The van der Waals surface area contributed by atoms with Crippen LogP contribution in [-0.2, 0) is 11.0 Å². The predicted molar refractivity (Wildman–Crippen MR) is 90.3 cm³/mol. The maximum absolute atomic E-state index is 12.7. The molecule has 134 valence electrons. The molecule has 11 heteroatoms. The van der Waals surface area contributed by atoms with Crippen molar-refractivity contribution in [1.29, 1.82) is 0 Å². The number of hydrogen-bond donors (Lipinski definition) is 2. The molecule has 0 saturated carbocycles. The number of rotatable bonds is 4. The molecule has 2 rings (SSSR count). The van der Waals surface area contributed by atoms with Gasteiger partial charge in [0, 0.05) is 11.1 Å². The number of thioether (sulfide) groups is 1. The number of benzene rings is 1. The van der Waals surface area contributed by atoms with Gasteiger partial charge in [0.05, 0.1) is 16.0 Å². The van der Waals surface area contributed by atoms with E-state index in [1.807, 2.05) is 0 Å². The Labute approximate surface area is 153 Å². The lowest BCUT2D eigenvalue weighted by molar-refractivity contribution is -0.141. The Morgan fingerprint density at radius 3 is 2.64 bits per heavy atom. The highest BCUT2D eigenvalue weighted by atomic mass is 35.5. The van der Waals surface area contributed by atoms with Gasteiger partial charge in [-0.15, -0.1) is 0 Å². The van der Waals surface area contributed by atoms with Gasteiger partial charge in [-0.3, -0.25) is 9.59 Å². The second kappa shape index (κ2) is 7.67. The van der Waals surface area contributed by atoms with Crippen molar-refractivity contribution in [1.82, 2.24) is 9.97 Å². The molecule has 1 amide bonds. The van der Waals surface area contributed by atoms with Crippen molar-refractivity contribution < 1.29 is 18.0 Å². The van der Waals surface area contributed by atoms with Gasteiger partial charge in [-0.05, 0) is 25.1 Å². The average Bonchev–Trinajstić information content (AvgIpc) is 2.49. The second-order valence-electron chi connectivity index (χ2n) is 4.81. The van der Waals surface area contributed by atoms with Gasteiger partial charge < -0.3 is 10.3 Å². The smallest absolute Gasteiger partial charge is 0.324 e. The summed E-state index contributed by atoms with van der Waals surface area (Å²) in [4.78, 5) is 29.0. The minimum absolute atomic E-state index is 0.251. The van der Waals surface area contributed by atoms with Crippen LogP contribution in [0.15, 0.2) is 34.2 Å². The van der Waals surface area contributed by atoms with E-state index in [1.165, 1.54) is 25.1 Å². The lowest BCUT2D eigenvalue weighted by atomic mass is 10.3. The monoisotopic (exact) mass is 411 g/mol. The molecule has 1 heterocycles. The third-order valence-electron chi connectivity index (χ3n) is 2.85. The summed E-state index contributed by atoms with van der Waals surface area (Å²) in [5.74, 6) is -0.547. The van der Waals surface area contributed by atoms with Gasteiger partial charge in [0.1, 0.15) is 0 Å². The van der Waals surface area contributed by atoms with Crippen molar-refractivity contribution in [2.45, 2.75) is 23.5 Å². The Balaban J connectivity index is 2.15. The first-order valence-corrected chi connectivity index (χ1v) is 8.31. The number of aromatic nitrogens is 2. The number of amides is 1. The summed E-state index contributed by atoms with van der Waals surface area (Å²) in [5.41, 5.74) is -2.03. The topological polar surface area (TPSA) is 74.8 Å². The summed E-state index contributed by atoms with van der Waals surface area (Å²) in [6.45, 7) is 1.44. The number of halogens is 5. The average molecular weight is 412 g/mol. The summed E-state index contributed by atoms with van der Waals surface area (Å²) >= 11 is 12.4. The van der Waals surface area contributed by atoms with E-state index in [-0.39, 0.29) is 15.9 Å². The fourth-order valence-corrected chi connectivity index (χ4v) is 2.83. The molecule has 0 saturated heterocycles. The van der Waals surface area contributed by atoms with Crippen LogP contribution in [0.25, 0.3) is 0 Å². The van der Waals surface area contributed by atoms with Crippen molar-refractivity contribution in [3.63, 3.8) is 0 Å². The van der Waals surface area contributed by atoms with Crippen molar-refractivity contribution in [3.8, 4) is 0 Å².